The molecule has 0 saturated carbocycles. The first-order valence-electron chi connectivity index (χ1n) is 7.65. The van der Waals surface area contributed by atoms with Crippen molar-refractivity contribution in [1.29, 1.82) is 0 Å². The molecule has 22 heavy (non-hydrogen) atoms. The molecule has 0 spiro atoms. The molecule has 0 saturated heterocycles. The van der Waals surface area contributed by atoms with Crippen LogP contribution in [0.1, 0.15) is 16.7 Å². The zero-order valence-corrected chi connectivity index (χ0v) is 12.3. The van der Waals surface area contributed by atoms with Gasteiger partial charge in [-0.25, -0.2) is 0 Å². The second-order valence-electron chi connectivity index (χ2n) is 5.50. The molecule has 0 bridgehead atoms. The van der Waals surface area contributed by atoms with Crippen molar-refractivity contribution in [1.82, 2.24) is 5.32 Å². The average Bonchev–Trinajstić information content (AvgIpc) is 3.03. The second-order valence-corrected chi connectivity index (χ2v) is 5.50. The van der Waals surface area contributed by atoms with Gasteiger partial charge in [-0.1, -0.05) is 30.3 Å². The predicted molar refractivity (Wildman–Crippen MR) is 85.8 cm³/mol. The number of hydrogen-bond donors (Lipinski definition) is 1. The highest BCUT2D eigenvalue weighted by Gasteiger charge is 2.14. The van der Waals surface area contributed by atoms with E-state index in [0.29, 0.717) is 6.79 Å². The standard InChI is InChI=1S/C18H18N2O2/c1-2-4-15-14(3-1)8-10-20-18(15)19-9-7-13-5-6-16-17(11-13)22-12-21-16/h1-6,11H,7-10,12H2,(H,19,20). The van der Waals surface area contributed by atoms with E-state index < -0.39 is 0 Å². The van der Waals surface area contributed by atoms with E-state index in [1.54, 1.807) is 0 Å². The van der Waals surface area contributed by atoms with Gasteiger partial charge in [-0.15, -0.1) is 0 Å². The lowest BCUT2D eigenvalue weighted by molar-refractivity contribution is 0.174. The Balaban J connectivity index is 1.40. The van der Waals surface area contributed by atoms with Crippen molar-refractivity contribution in [3.05, 3.63) is 59.2 Å². The normalized spacial score (nSPS) is 15.2. The minimum absolute atomic E-state index is 0.324. The highest BCUT2D eigenvalue weighted by molar-refractivity contribution is 6.00. The number of nitrogens with one attached hydrogen (secondary N) is 1. The Bertz CT molecular complexity index is 725. The van der Waals surface area contributed by atoms with Crippen LogP contribution in [-0.2, 0) is 12.8 Å². The van der Waals surface area contributed by atoms with E-state index in [1.165, 1.54) is 16.7 Å². The summed E-state index contributed by atoms with van der Waals surface area (Å²) in [6.45, 7) is 2.04. The molecule has 0 radical (unpaired) electrons. The summed E-state index contributed by atoms with van der Waals surface area (Å²) in [4.78, 5) is 4.62. The largest absolute Gasteiger partial charge is 0.454 e. The summed E-state index contributed by atoms with van der Waals surface area (Å²) in [7, 11) is 0. The van der Waals surface area contributed by atoms with Crippen molar-refractivity contribution in [2.45, 2.75) is 12.8 Å². The number of amidine groups is 1. The van der Waals surface area contributed by atoms with Gasteiger partial charge in [0.2, 0.25) is 6.79 Å². The van der Waals surface area contributed by atoms with Crippen molar-refractivity contribution in [3.63, 3.8) is 0 Å². The van der Waals surface area contributed by atoms with Crippen molar-refractivity contribution in [2.75, 3.05) is 19.9 Å². The lowest BCUT2D eigenvalue weighted by atomic mass is 10.0. The maximum absolute atomic E-state index is 5.42. The van der Waals surface area contributed by atoms with Gasteiger partial charge in [0, 0.05) is 18.7 Å². The summed E-state index contributed by atoms with van der Waals surface area (Å²) in [6.07, 6.45) is 1.96. The topological polar surface area (TPSA) is 42.9 Å². The maximum atomic E-state index is 5.42. The summed E-state index contributed by atoms with van der Waals surface area (Å²) in [5, 5.41) is 3.47. The summed E-state index contributed by atoms with van der Waals surface area (Å²) in [5.41, 5.74) is 3.85. The van der Waals surface area contributed by atoms with Crippen molar-refractivity contribution in [3.8, 4) is 11.5 Å². The van der Waals surface area contributed by atoms with Gasteiger partial charge in [-0.3, -0.25) is 4.99 Å². The van der Waals surface area contributed by atoms with Crippen LogP contribution in [0, 0.1) is 0 Å². The molecule has 4 heteroatoms. The van der Waals surface area contributed by atoms with Gasteiger partial charge >= 0.3 is 0 Å². The first kappa shape index (κ1) is 13.2. The van der Waals surface area contributed by atoms with Crippen LogP contribution in [0.5, 0.6) is 11.5 Å². The minimum atomic E-state index is 0.324. The molecular formula is C18H18N2O2. The predicted octanol–water partition coefficient (Wildman–Crippen LogP) is 2.55. The Hall–Kier alpha value is -2.49. The number of nitrogens with zero attached hydrogens (tertiary/aromatic N) is 1. The summed E-state index contributed by atoms with van der Waals surface area (Å²) in [5.74, 6) is 2.70. The van der Waals surface area contributed by atoms with E-state index >= 15 is 0 Å². The zero-order valence-electron chi connectivity index (χ0n) is 12.3. The fourth-order valence-electron chi connectivity index (χ4n) is 2.92. The van der Waals surface area contributed by atoms with Crippen LogP contribution in [-0.4, -0.2) is 25.7 Å². The third kappa shape index (κ3) is 2.52. The Kier molecular flexibility index (Phi) is 3.43. The SMILES string of the molecule is c1ccc2c(c1)CCN=C2NCCc1ccc2c(c1)OCO2. The fraction of sp³-hybridized carbons (Fsp3) is 0.278. The van der Waals surface area contributed by atoms with E-state index in [9.17, 15) is 0 Å². The molecule has 0 aliphatic carbocycles. The van der Waals surface area contributed by atoms with E-state index in [1.807, 2.05) is 6.07 Å². The van der Waals surface area contributed by atoms with Crippen LogP contribution in [0.3, 0.4) is 0 Å². The number of hydrogen-bond acceptors (Lipinski definition) is 4. The molecule has 2 aliphatic rings. The number of rotatable bonds is 3. The molecular weight excluding hydrogens is 276 g/mol. The molecule has 0 amide bonds. The summed E-state index contributed by atoms with van der Waals surface area (Å²) in [6, 6.07) is 14.6. The molecule has 1 N–H and O–H groups in total. The van der Waals surface area contributed by atoms with Crippen LogP contribution in [0.2, 0.25) is 0 Å². The highest BCUT2D eigenvalue weighted by atomic mass is 16.7. The number of fused-ring (bicyclic) bond motifs is 2. The van der Waals surface area contributed by atoms with Crippen molar-refractivity contribution < 1.29 is 9.47 Å². The van der Waals surface area contributed by atoms with Gasteiger partial charge < -0.3 is 14.8 Å². The van der Waals surface area contributed by atoms with Gasteiger partial charge in [-0.05, 0) is 36.1 Å². The molecule has 112 valence electrons. The smallest absolute Gasteiger partial charge is 0.231 e. The number of ether oxygens (including phenoxy) is 2. The molecule has 4 nitrogen and oxygen atoms in total. The quantitative estimate of drug-likeness (QED) is 0.946. The van der Waals surface area contributed by atoms with E-state index in [4.69, 9.17) is 9.47 Å². The Morgan fingerprint density at radius 3 is 2.95 bits per heavy atom. The molecule has 2 aliphatic heterocycles. The van der Waals surface area contributed by atoms with Gasteiger partial charge in [0.25, 0.3) is 0 Å². The molecule has 2 heterocycles. The van der Waals surface area contributed by atoms with Crippen LogP contribution < -0.4 is 14.8 Å². The Labute approximate surface area is 129 Å². The molecule has 0 aromatic heterocycles. The van der Waals surface area contributed by atoms with E-state index in [2.05, 4.69) is 46.7 Å². The van der Waals surface area contributed by atoms with Gasteiger partial charge in [0.1, 0.15) is 5.84 Å². The molecule has 4 rings (SSSR count). The van der Waals surface area contributed by atoms with Crippen molar-refractivity contribution in [2.24, 2.45) is 4.99 Å². The molecule has 2 aromatic rings. The van der Waals surface area contributed by atoms with Gasteiger partial charge in [0.15, 0.2) is 11.5 Å². The Morgan fingerprint density at radius 1 is 1.05 bits per heavy atom. The van der Waals surface area contributed by atoms with Crippen LogP contribution in [0.15, 0.2) is 47.5 Å². The summed E-state index contributed by atoms with van der Waals surface area (Å²) >= 11 is 0. The minimum Gasteiger partial charge on any atom is -0.454 e. The van der Waals surface area contributed by atoms with Crippen LogP contribution in [0.4, 0.5) is 0 Å². The monoisotopic (exact) mass is 294 g/mol. The first-order valence-corrected chi connectivity index (χ1v) is 7.65. The van der Waals surface area contributed by atoms with Crippen LogP contribution in [0.25, 0.3) is 0 Å². The molecule has 0 atom stereocenters. The maximum Gasteiger partial charge on any atom is 0.231 e. The van der Waals surface area contributed by atoms with E-state index in [0.717, 1.165) is 43.3 Å². The average molecular weight is 294 g/mol. The third-order valence-corrected chi connectivity index (χ3v) is 4.07. The molecule has 0 unspecified atom stereocenters. The second kappa shape index (κ2) is 5.72. The van der Waals surface area contributed by atoms with Crippen molar-refractivity contribution >= 4 is 5.84 Å². The lowest BCUT2D eigenvalue weighted by Crippen LogP contribution is -2.30. The Morgan fingerprint density at radius 2 is 1.95 bits per heavy atom. The number of aliphatic imine (C=N–C) groups is 1. The molecule has 2 aromatic carbocycles. The van der Waals surface area contributed by atoms with Crippen LogP contribution >= 0.6 is 0 Å². The lowest BCUT2D eigenvalue weighted by Gasteiger charge is -2.18. The highest BCUT2D eigenvalue weighted by Crippen LogP contribution is 2.32. The number of benzene rings is 2. The van der Waals surface area contributed by atoms with E-state index in [-0.39, 0.29) is 0 Å². The zero-order chi connectivity index (χ0) is 14.8. The third-order valence-electron chi connectivity index (χ3n) is 4.07. The van der Waals surface area contributed by atoms with Gasteiger partial charge in [0.05, 0.1) is 0 Å². The fourth-order valence-corrected chi connectivity index (χ4v) is 2.92. The summed E-state index contributed by atoms with van der Waals surface area (Å²) < 4.78 is 10.8. The molecule has 0 fully saturated rings. The first-order chi connectivity index (χ1) is 10.9. The van der Waals surface area contributed by atoms with Gasteiger partial charge in [-0.2, -0.15) is 0 Å².